The maximum absolute atomic E-state index is 6.16. The second-order valence-electron chi connectivity index (χ2n) is 12.6. The van der Waals surface area contributed by atoms with E-state index in [1.165, 1.54) is 135 Å². The summed E-state index contributed by atoms with van der Waals surface area (Å²) in [4.78, 5) is 0. The van der Waals surface area contributed by atoms with Crippen LogP contribution in [0.1, 0.15) is 149 Å². The van der Waals surface area contributed by atoms with Crippen LogP contribution in [-0.2, 0) is 0 Å². The highest BCUT2D eigenvalue weighted by atomic mass is 16.5. The van der Waals surface area contributed by atoms with E-state index in [1.54, 1.807) is 0 Å². The first-order valence-corrected chi connectivity index (χ1v) is 16.6. The molecule has 2 heteroatoms. The summed E-state index contributed by atoms with van der Waals surface area (Å²) in [6, 6.07) is 8.38. The molecule has 2 saturated carbocycles. The molecule has 37 heavy (non-hydrogen) atoms. The zero-order valence-corrected chi connectivity index (χ0v) is 24.7. The molecule has 2 aliphatic carbocycles. The van der Waals surface area contributed by atoms with Crippen molar-refractivity contribution in [3.8, 4) is 11.5 Å². The van der Waals surface area contributed by atoms with Gasteiger partial charge in [-0.1, -0.05) is 123 Å². The van der Waals surface area contributed by atoms with Crippen molar-refractivity contribution in [3.63, 3.8) is 0 Å². The van der Waals surface area contributed by atoms with E-state index in [0.717, 1.165) is 48.4 Å². The Morgan fingerprint density at radius 2 is 0.892 bits per heavy atom. The monoisotopic (exact) mass is 512 g/mol. The van der Waals surface area contributed by atoms with Crippen molar-refractivity contribution in [2.45, 2.75) is 149 Å². The van der Waals surface area contributed by atoms with E-state index in [9.17, 15) is 0 Å². The zero-order valence-electron chi connectivity index (χ0n) is 24.7. The lowest BCUT2D eigenvalue weighted by Gasteiger charge is -2.28. The van der Waals surface area contributed by atoms with Crippen molar-refractivity contribution in [1.82, 2.24) is 0 Å². The van der Waals surface area contributed by atoms with Gasteiger partial charge in [-0.25, -0.2) is 0 Å². The van der Waals surface area contributed by atoms with Gasteiger partial charge in [0, 0.05) is 0 Å². The van der Waals surface area contributed by atoms with Gasteiger partial charge in [0.05, 0.1) is 13.2 Å². The normalized spacial score (nSPS) is 24.2. The molecule has 1 aromatic carbocycles. The van der Waals surface area contributed by atoms with Gasteiger partial charge in [-0.15, -0.1) is 0 Å². The molecule has 0 aromatic heterocycles. The standard InChI is InChI=1S/C35H60O2/c1-3-5-7-9-11-14-31-20-22-33(23-21-31)29-37-35-26-24-34(25-27-35)36-28-12-15-32-18-16-30(17-19-32)13-10-8-6-4-2/h24-27,30-33H,3-23,28-29H2,1-2H3/t30-,31-,32-,33-. The molecule has 0 bridgehead atoms. The molecule has 0 unspecified atom stereocenters. The Balaban J connectivity index is 1.18. The van der Waals surface area contributed by atoms with Crippen molar-refractivity contribution in [1.29, 1.82) is 0 Å². The minimum absolute atomic E-state index is 0.739. The van der Waals surface area contributed by atoms with Gasteiger partial charge in [0.1, 0.15) is 11.5 Å². The Kier molecular flexibility index (Phi) is 15.6. The highest BCUT2D eigenvalue weighted by Crippen LogP contribution is 2.35. The van der Waals surface area contributed by atoms with Crippen LogP contribution in [0.2, 0.25) is 0 Å². The van der Waals surface area contributed by atoms with Crippen LogP contribution in [0.3, 0.4) is 0 Å². The van der Waals surface area contributed by atoms with E-state index in [1.807, 2.05) is 0 Å². The first kappa shape index (κ1) is 30.4. The maximum Gasteiger partial charge on any atom is 0.119 e. The largest absolute Gasteiger partial charge is 0.494 e. The van der Waals surface area contributed by atoms with E-state index < -0.39 is 0 Å². The summed E-state index contributed by atoms with van der Waals surface area (Å²) in [6.07, 6.45) is 29.6. The number of hydrogen-bond acceptors (Lipinski definition) is 2. The fraction of sp³-hybridized carbons (Fsp3) is 0.829. The third-order valence-electron chi connectivity index (χ3n) is 9.45. The summed E-state index contributed by atoms with van der Waals surface area (Å²) >= 11 is 0. The van der Waals surface area contributed by atoms with E-state index in [-0.39, 0.29) is 0 Å². The molecule has 0 amide bonds. The Morgan fingerprint density at radius 3 is 1.41 bits per heavy atom. The van der Waals surface area contributed by atoms with Gasteiger partial charge < -0.3 is 9.47 Å². The van der Waals surface area contributed by atoms with Crippen molar-refractivity contribution in [3.05, 3.63) is 24.3 Å². The van der Waals surface area contributed by atoms with Crippen LogP contribution in [0, 0.1) is 23.7 Å². The predicted octanol–water partition coefficient (Wildman–Crippen LogP) is 11.2. The minimum Gasteiger partial charge on any atom is -0.494 e. The summed E-state index contributed by atoms with van der Waals surface area (Å²) in [5, 5.41) is 0. The fourth-order valence-electron chi connectivity index (χ4n) is 6.80. The molecule has 0 saturated heterocycles. The molecular weight excluding hydrogens is 452 g/mol. The van der Waals surface area contributed by atoms with E-state index in [2.05, 4.69) is 38.1 Å². The molecule has 0 heterocycles. The smallest absolute Gasteiger partial charge is 0.119 e. The Labute approximate surface area is 230 Å². The van der Waals surface area contributed by atoms with Crippen molar-refractivity contribution >= 4 is 0 Å². The summed E-state index contributed by atoms with van der Waals surface area (Å²) in [6.45, 7) is 6.33. The van der Waals surface area contributed by atoms with Crippen LogP contribution >= 0.6 is 0 Å². The first-order valence-electron chi connectivity index (χ1n) is 16.6. The van der Waals surface area contributed by atoms with Crippen LogP contribution in [0.15, 0.2) is 24.3 Å². The maximum atomic E-state index is 6.16. The van der Waals surface area contributed by atoms with Gasteiger partial charge in [0.25, 0.3) is 0 Å². The predicted molar refractivity (Wildman–Crippen MR) is 160 cm³/mol. The van der Waals surface area contributed by atoms with Gasteiger partial charge in [-0.05, 0) is 73.6 Å². The molecule has 2 fully saturated rings. The van der Waals surface area contributed by atoms with Gasteiger partial charge >= 0.3 is 0 Å². The highest BCUT2D eigenvalue weighted by Gasteiger charge is 2.22. The minimum atomic E-state index is 0.739. The quantitative estimate of drug-likeness (QED) is 0.172. The lowest BCUT2D eigenvalue weighted by Crippen LogP contribution is -2.20. The van der Waals surface area contributed by atoms with Crippen molar-refractivity contribution in [2.24, 2.45) is 23.7 Å². The lowest BCUT2D eigenvalue weighted by atomic mass is 9.78. The third-order valence-corrected chi connectivity index (χ3v) is 9.45. The van der Waals surface area contributed by atoms with Crippen LogP contribution < -0.4 is 9.47 Å². The molecule has 0 radical (unpaired) electrons. The Hall–Kier alpha value is -1.18. The summed E-state index contributed by atoms with van der Waals surface area (Å²) in [5.74, 6) is 5.66. The number of benzene rings is 1. The second kappa shape index (κ2) is 19.0. The van der Waals surface area contributed by atoms with Crippen LogP contribution in [0.4, 0.5) is 0 Å². The Morgan fingerprint density at radius 1 is 0.486 bits per heavy atom. The van der Waals surface area contributed by atoms with Gasteiger partial charge in [-0.3, -0.25) is 0 Å². The molecule has 212 valence electrons. The SMILES string of the molecule is CCCCCCC[C@H]1CC[C@H](COc2ccc(OCCC[C@H]3CC[C@H](CCCCCC)CC3)cc2)CC1. The van der Waals surface area contributed by atoms with E-state index in [0.29, 0.717) is 0 Å². The summed E-state index contributed by atoms with van der Waals surface area (Å²) in [7, 11) is 0. The van der Waals surface area contributed by atoms with Crippen molar-refractivity contribution in [2.75, 3.05) is 13.2 Å². The number of ether oxygens (including phenoxy) is 2. The summed E-state index contributed by atoms with van der Waals surface area (Å²) < 4.78 is 12.2. The topological polar surface area (TPSA) is 18.5 Å². The molecule has 3 rings (SSSR count). The van der Waals surface area contributed by atoms with Crippen LogP contribution in [-0.4, -0.2) is 13.2 Å². The molecule has 0 atom stereocenters. The van der Waals surface area contributed by atoms with E-state index in [4.69, 9.17) is 9.47 Å². The lowest BCUT2D eigenvalue weighted by molar-refractivity contribution is 0.177. The first-order chi connectivity index (χ1) is 18.3. The number of hydrogen-bond donors (Lipinski definition) is 0. The molecule has 0 spiro atoms. The average Bonchev–Trinajstić information content (AvgIpc) is 2.94. The van der Waals surface area contributed by atoms with Crippen LogP contribution in [0.5, 0.6) is 11.5 Å². The van der Waals surface area contributed by atoms with Crippen molar-refractivity contribution < 1.29 is 9.47 Å². The highest BCUT2D eigenvalue weighted by molar-refractivity contribution is 5.31. The van der Waals surface area contributed by atoms with Gasteiger partial charge in [0.15, 0.2) is 0 Å². The molecule has 2 aliphatic rings. The van der Waals surface area contributed by atoms with E-state index >= 15 is 0 Å². The number of rotatable bonds is 19. The van der Waals surface area contributed by atoms with Gasteiger partial charge in [-0.2, -0.15) is 0 Å². The summed E-state index contributed by atoms with van der Waals surface area (Å²) in [5.41, 5.74) is 0. The second-order valence-corrected chi connectivity index (χ2v) is 12.6. The number of unbranched alkanes of at least 4 members (excludes halogenated alkanes) is 7. The molecule has 0 aliphatic heterocycles. The Bertz CT molecular complexity index is 652. The third kappa shape index (κ3) is 12.9. The van der Waals surface area contributed by atoms with Crippen LogP contribution in [0.25, 0.3) is 0 Å². The van der Waals surface area contributed by atoms with Gasteiger partial charge in [0.2, 0.25) is 0 Å². The molecule has 0 N–H and O–H groups in total. The molecule has 2 nitrogen and oxygen atoms in total. The molecular formula is C35H60O2. The fourth-order valence-corrected chi connectivity index (χ4v) is 6.80. The average molecular weight is 513 g/mol. The zero-order chi connectivity index (χ0) is 26.0. The molecule has 1 aromatic rings.